The van der Waals surface area contributed by atoms with Gasteiger partial charge in [-0.15, -0.1) is 0 Å². The molecule has 3 aromatic carbocycles. The topological polar surface area (TPSA) is 54.0 Å². The largest absolute Gasteiger partial charge is 0.454 e. The fourth-order valence-electron chi connectivity index (χ4n) is 4.86. The number of fused-ring (bicyclic) bond motifs is 1. The fourth-order valence-corrected chi connectivity index (χ4v) is 5.12. The predicted molar refractivity (Wildman–Crippen MR) is 144 cm³/mol. The molecule has 1 fully saturated rings. The van der Waals surface area contributed by atoms with Gasteiger partial charge in [0.2, 0.25) is 6.79 Å². The number of halogens is 1. The van der Waals surface area contributed by atoms with Crippen LogP contribution in [0, 0.1) is 0 Å². The molecule has 2 aliphatic heterocycles. The Morgan fingerprint density at radius 3 is 2.44 bits per heavy atom. The second kappa shape index (κ2) is 11.0. The number of carbonyl (C=O) groups excluding carboxylic acids is 1. The summed E-state index contributed by atoms with van der Waals surface area (Å²) in [6, 6.07) is 22.6. The number of hydrogen-bond acceptors (Lipinski definition) is 5. The van der Waals surface area contributed by atoms with Crippen molar-refractivity contribution in [1.29, 1.82) is 0 Å². The molecule has 1 N–H and O–H groups in total. The minimum absolute atomic E-state index is 0.0533. The molecule has 0 saturated carbocycles. The molecule has 5 rings (SSSR count). The van der Waals surface area contributed by atoms with E-state index < -0.39 is 0 Å². The van der Waals surface area contributed by atoms with Crippen LogP contribution < -0.4 is 14.8 Å². The van der Waals surface area contributed by atoms with E-state index in [0.29, 0.717) is 18.4 Å². The third kappa shape index (κ3) is 5.91. The third-order valence-electron chi connectivity index (χ3n) is 7.01. The Labute approximate surface area is 221 Å². The molecule has 6 nitrogen and oxygen atoms in total. The Balaban J connectivity index is 1.12. The van der Waals surface area contributed by atoms with Crippen LogP contribution in [0.25, 0.3) is 0 Å². The summed E-state index contributed by atoms with van der Waals surface area (Å²) < 4.78 is 12.0. The lowest BCUT2D eigenvalue weighted by Crippen LogP contribution is -2.50. The molecule has 7 heteroatoms. The average molecular weight is 550 g/mol. The molecule has 2 aliphatic rings. The summed E-state index contributed by atoms with van der Waals surface area (Å²) in [6.07, 6.45) is 0. The molecule has 2 heterocycles. The number of nitrogens with one attached hydrogen (secondary N) is 1. The first-order valence-corrected chi connectivity index (χ1v) is 13.2. The van der Waals surface area contributed by atoms with Gasteiger partial charge in [-0.05, 0) is 66.9 Å². The molecule has 0 bridgehead atoms. The lowest BCUT2D eigenvalue weighted by molar-refractivity contribution is 0.0732. The van der Waals surface area contributed by atoms with Crippen molar-refractivity contribution in [2.75, 3.05) is 26.4 Å². The van der Waals surface area contributed by atoms with Gasteiger partial charge < -0.3 is 14.8 Å². The van der Waals surface area contributed by atoms with Crippen LogP contribution in [0.1, 0.15) is 46.9 Å². The molecule has 0 aromatic heterocycles. The molecule has 0 radical (unpaired) electrons. The number of hydrogen-bond donors (Lipinski definition) is 1. The highest BCUT2D eigenvalue weighted by atomic mass is 79.9. The van der Waals surface area contributed by atoms with E-state index in [-0.39, 0.29) is 11.9 Å². The maximum Gasteiger partial charge on any atom is 0.251 e. The first-order chi connectivity index (χ1) is 17.4. The van der Waals surface area contributed by atoms with Crippen molar-refractivity contribution >= 4 is 21.8 Å². The van der Waals surface area contributed by atoms with Crippen molar-refractivity contribution in [1.82, 2.24) is 15.1 Å². The standard InChI is InChI=1S/C29H32BrN3O3/c1-20-16-32(17-23-5-12-27-28(15-23)36-19-35-27)13-14-33(20)18-22-3-6-25(7-4-22)29(34)31-21(2)24-8-10-26(30)11-9-24/h3-12,15,20-21H,13-14,16-19H2,1-2H3,(H,31,34)/t20?,21-/m0/s1. The van der Waals surface area contributed by atoms with Crippen LogP contribution in [0.15, 0.2) is 71.2 Å². The highest BCUT2D eigenvalue weighted by Crippen LogP contribution is 2.33. The Kier molecular flexibility index (Phi) is 7.60. The van der Waals surface area contributed by atoms with Gasteiger partial charge in [-0.25, -0.2) is 0 Å². The van der Waals surface area contributed by atoms with Crippen molar-refractivity contribution in [2.24, 2.45) is 0 Å². The average Bonchev–Trinajstić information content (AvgIpc) is 3.34. The van der Waals surface area contributed by atoms with Crippen molar-refractivity contribution < 1.29 is 14.3 Å². The van der Waals surface area contributed by atoms with Gasteiger partial charge in [0.15, 0.2) is 11.5 Å². The zero-order chi connectivity index (χ0) is 25.1. The monoisotopic (exact) mass is 549 g/mol. The zero-order valence-corrected chi connectivity index (χ0v) is 22.3. The summed E-state index contributed by atoms with van der Waals surface area (Å²) in [4.78, 5) is 17.8. The lowest BCUT2D eigenvalue weighted by Gasteiger charge is -2.40. The van der Waals surface area contributed by atoms with Gasteiger partial charge in [-0.1, -0.05) is 46.3 Å². The van der Waals surface area contributed by atoms with Gasteiger partial charge in [0.05, 0.1) is 6.04 Å². The summed E-state index contributed by atoms with van der Waals surface area (Å²) in [6.45, 7) is 9.45. The molecule has 3 aromatic rings. The zero-order valence-electron chi connectivity index (χ0n) is 20.7. The van der Waals surface area contributed by atoms with Crippen LogP contribution in [0.5, 0.6) is 11.5 Å². The van der Waals surface area contributed by atoms with E-state index in [1.165, 1.54) is 11.1 Å². The van der Waals surface area contributed by atoms with Gasteiger partial charge >= 0.3 is 0 Å². The second-order valence-corrected chi connectivity index (χ2v) is 10.6. The molecular weight excluding hydrogens is 518 g/mol. The van der Waals surface area contributed by atoms with E-state index in [9.17, 15) is 4.79 Å². The van der Waals surface area contributed by atoms with Crippen LogP contribution in [0.3, 0.4) is 0 Å². The lowest BCUT2D eigenvalue weighted by atomic mass is 10.1. The summed E-state index contributed by atoms with van der Waals surface area (Å²) in [7, 11) is 0. The Hall–Kier alpha value is -2.87. The second-order valence-electron chi connectivity index (χ2n) is 9.69. The van der Waals surface area contributed by atoms with Crippen molar-refractivity contribution in [3.8, 4) is 11.5 Å². The maximum atomic E-state index is 12.7. The molecule has 188 valence electrons. The first kappa shape index (κ1) is 24.8. The van der Waals surface area contributed by atoms with Crippen LogP contribution in [-0.2, 0) is 13.1 Å². The molecule has 36 heavy (non-hydrogen) atoms. The van der Waals surface area contributed by atoms with Crippen molar-refractivity contribution in [3.05, 3.63) is 93.5 Å². The number of nitrogens with zero attached hydrogens (tertiary/aromatic N) is 2. The molecular formula is C29H32BrN3O3. The Morgan fingerprint density at radius 2 is 1.69 bits per heavy atom. The molecule has 0 spiro atoms. The number of piperazine rings is 1. The van der Waals surface area contributed by atoms with E-state index in [1.54, 1.807) is 0 Å². The number of ether oxygens (including phenoxy) is 2. The number of rotatable bonds is 7. The van der Waals surface area contributed by atoms with Gasteiger partial charge in [-0.2, -0.15) is 0 Å². The van der Waals surface area contributed by atoms with Gasteiger partial charge in [-0.3, -0.25) is 14.6 Å². The first-order valence-electron chi connectivity index (χ1n) is 12.4. The van der Waals surface area contributed by atoms with Gasteiger partial charge in [0.25, 0.3) is 5.91 Å². The smallest absolute Gasteiger partial charge is 0.251 e. The normalized spacial score (nSPS) is 18.7. The van der Waals surface area contributed by atoms with Crippen molar-refractivity contribution in [2.45, 2.75) is 39.0 Å². The van der Waals surface area contributed by atoms with Crippen LogP contribution in [0.2, 0.25) is 0 Å². The van der Waals surface area contributed by atoms with Gasteiger partial charge in [0, 0.05) is 48.8 Å². The molecule has 0 aliphatic carbocycles. The summed E-state index contributed by atoms with van der Waals surface area (Å²) >= 11 is 3.45. The van der Waals surface area contributed by atoms with Crippen LogP contribution >= 0.6 is 15.9 Å². The van der Waals surface area contributed by atoms with E-state index in [4.69, 9.17) is 9.47 Å². The SMILES string of the molecule is CC1CN(Cc2ccc3c(c2)OCO3)CCN1Cc1ccc(C(=O)N[C@@H](C)c2ccc(Br)cc2)cc1. The Bertz CT molecular complexity index is 1200. The van der Waals surface area contributed by atoms with Crippen LogP contribution in [0.4, 0.5) is 0 Å². The minimum atomic E-state index is -0.0555. The van der Waals surface area contributed by atoms with E-state index in [2.05, 4.69) is 62.2 Å². The highest BCUT2D eigenvalue weighted by molar-refractivity contribution is 9.10. The molecule has 1 amide bonds. The summed E-state index contributed by atoms with van der Waals surface area (Å²) in [5.74, 6) is 1.63. The molecule has 1 unspecified atom stereocenters. The Morgan fingerprint density at radius 1 is 0.972 bits per heavy atom. The van der Waals surface area contributed by atoms with E-state index >= 15 is 0 Å². The maximum absolute atomic E-state index is 12.7. The number of amides is 1. The number of carbonyl (C=O) groups is 1. The van der Waals surface area contributed by atoms with E-state index in [0.717, 1.165) is 54.3 Å². The summed E-state index contributed by atoms with van der Waals surface area (Å²) in [5.41, 5.74) is 4.24. The quantitative estimate of drug-likeness (QED) is 0.429. The van der Waals surface area contributed by atoms with Gasteiger partial charge in [0.1, 0.15) is 0 Å². The van der Waals surface area contributed by atoms with Crippen LogP contribution in [-0.4, -0.2) is 48.2 Å². The third-order valence-corrected chi connectivity index (χ3v) is 7.54. The molecule has 2 atom stereocenters. The highest BCUT2D eigenvalue weighted by Gasteiger charge is 2.24. The molecule has 1 saturated heterocycles. The predicted octanol–water partition coefficient (Wildman–Crippen LogP) is 5.38. The summed E-state index contributed by atoms with van der Waals surface area (Å²) in [5, 5.41) is 3.09. The fraction of sp³-hybridized carbons (Fsp3) is 0.345. The van der Waals surface area contributed by atoms with E-state index in [1.807, 2.05) is 49.4 Å². The van der Waals surface area contributed by atoms with Crippen molar-refractivity contribution in [3.63, 3.8) is 0 Å². The number of benzene rings is 3. The minimum Gasteiger partial charge on any atom is -0.454 e.